The van der Waals surface area contributed by atoms with Crippen molar-refractivity contribution in [2.45, 2.75) is 26.7 Å². The van der Waals surface area contributed by atoms with Crippen LogP contribution in [0.5, 0.6) is 5.75 Å². The molecular formula is C17H21NO2. The molecule has 2 rings (SSSR count). The molecule has 3 nitrogen and oxygen atoms in total. The van der Waals surface area contributed by atoms with Gasteiger partial charge in [-0.25, -0.2) is 0 Å². The third-order valence-corrected chi connectivity index (χ3v) is 3.19. The molecule has 0 fully saturated rings. The molecule has 0 saturated heterocycles. The first-order chi connectivity index (χ1) is 9.70. The van der Waals surface area contributed by atoms with Crippen LogP contribution in [0.25, 0.3) is 10.8 Å². The zero-order chi connectivity index (χ0) is 14.4. The third-order valence-electron chi connectivity index (χ3n) is 3.19. The Balaban J connectivity index is 2.21. The molecule has 0 aromatic heterocycles. The second kappa shape index (κ2) is 6.94. The van der Waals surface area contributed by atoms with Gasteiger partial charge in [0.15, 0.2) is 0 Å². The second-order valence-corrected chi connectivity index (χ2v) is 4.88. The highest BCUT2D eigenvalue weighted by molar-refractivity contribution is 5.87. The van der Waals surface area contributed by atoms with Crippen molar-refractivity contribution in [3.63, 3.8) is 0 Å². The molecule has 0 aliphatic carbocycles. The lowest BCUT2D eigenvalue weighted by Gasteiger charge is -2.10. The van der Waals surface area contributed by atoms with Crippen LogP contribution in [0.2, 0.25) is 0 Å². The Bertz CT molecular complexity index is 593. The van der Waals surface area contributed by atoms with Crippen molar-refractivity contribution in [3.8, 4) is 5.75 Å². The van der Waals surface area contributed by atoms with Gasteiger partial charge in [0, 0.05) is 13.5 Å². The summed E-state index contributed by atoms with van der Waals surface area (Å²) in [5, 5.41) is 5.24. The van der Waals surface area contributed by atoms with Crippen LogP contribution in [0.15, 0.2) is 36.4 Å². The van der Waals surface area contributed by atoms with E-state index in [1.54, 1.807) is 6.92 Å². The molecule has 0 aliphatic rings. The number of nitrogens with one attached hydrogen (secondary N) is 1. The van der Waals surface area contributed by atoms with Gasteiger partial charge in [-0.05, 0) is 41.3 Å². The summed E-state index contributed by atoms with van der Waals surface area (Å²) in [5.41, 5.74) is 1.23. The Kier molecular flexibility index (Phi) is 4.99. The Morgan fingerprint density at radius 1 is 1.25 bits per heavy atom. The van der Waals surface area contributed by atoms with Crippen molar-refractivity contribution in [3.05, 3.63) is 42.0 Å². The Hall–Kier alpha value is -2.03. The van der Waals surface area contributed by atoms with E-state index in [9.17, 15) is 4.79 Å². The smallest absolute Gasteiger partial charge is 0.216 e. The Labute approximate surface area is 119 Å². The van der Waals surface area contributed by atoms with E-state index in [2.05, 4.69) is 42.6 Å². The molecule has 0 atom stereocenters. The molecule has 1 N–H and O–H groups in total. The van der Waals surface area contributed by atoms with Crippen LogP contribution in [0.3, 0.4) is 0 Å². The van der Waals surface area contributed by atoms with Gasteiger partial charge >= 0.3 is 0 Å². The van der Waals surface area contributed by atoms with Crippen LogP contribution in [0, 0.1) is 0 Å². The second-order valence-electron chi connectivity index (χ2n) is 4.88. The first kappa shape index (κ1) is 14.4. The highest BCUT2D eigenvalue weighted by atomic mass is 16.5. The lowest BCUT2D eigenvalue weighted by atomic mass is 10.0. The van der Waals surface area contributed by atoms with Crippen molar-refractivity contribution in [1.82, 2.24) is 5.32 Å². The number of carbonyl (C=O) groups is 1. The van der Waals surface area contributed by atoms with Crippen molar-refractivity contribution >= 4 is 16.7 Å². The van der Waals surface area contributed by atoms with Crippen LogP contribution < -0.4 is 10.1 Å². The van der Waals surface area contributed by atoms with Gasteiger partial charge in [-0.1, -0.05) is 31.2 Å². The Morgan fingerprint density at radius 3 is 2.85 bits per heavy atom. The van der Waals surface area contributed by atoms with Gasteiger partial charge in [0.2, 0.25) is 5.91 Å². The van der Waals surface area contributed by atoms with Gasteiger partial charge < -0.3 is 10.1 Å². The quantitative estimate of drug-likeness (QED) is 0.875. The zero-order valence-corrected chi connectivity index (χ0v) is 12.1. The topological polar surface area (TPSA) is 38.3 Å². The first-order valence-electron chi connectivity index (χ1n) is 7.09. The fraction of sp³-hybridized carbons (Fsp3) is 0.353. The van der Waals surface area contributed by atoms with Crippen LogP contribution in [-0.4, -0.2) is 19.1 Å². The normalized spacial score (nSPS) is 10.5. The number of hydrogen-bond donors (Lipinski definition) is 1. The first-order valence-corrected chi connectivity index (χ1v) is 7.09. The van der Waals surface area contributed by atoms with E-state index < -0.39 is 0 Å². The molecule has 2 aromatic carbocycles. The highest BCUT2D eigenvalue weighted by Gasteiger charge is 2.03. The highest BCUT2D eigenvalue weighted by Crippen LogP contribution is 2.24. The van der Waals surface area contributed by atoms with Crippen LogP contribution >= 0.6 is 0 Å². The van der Waals surface area contributed by atoms with Crippen LogP contribution in [0.4, 0.5) is 0 Å². The molecular weight excluding hydrogens is 250 g/mol. The fourth-order valence-electron chi connectivity index (χ4n) is 2.22. The standard InChI is InChI=1S/C17H21NO2/c1-3-11-20-16-8-7-14-5-4-6-15(17(14)12-16)9-10-18-13(2)19/h4-8,12H,3,9-11H2,1-2H3,(H,18,19). The van der Waals surface area contributed by atoms with E-state index in [1.165, 1.54) is 16.3 Å². The summed E-state index contributed by atoms with van der Waals surface area (Å²) in [7, 11) is 0. The van der Waals surface area contributed by atoms with E-state index in [0.29, 0.717) is 6.54 Å². The summed E-state index contributed by atoms with van der Waals surface area (Å²) in [4.78, 5) is 10.9. The summed E-state index contributed by atoms with van der Waals surface area (Å²) in [6, 6.07) is 12.4. The predicted octanol–water partition coefficient (Wildman–Crippen LogP) is 3.31. The summed E-state index contributed by atoms with van der Waals surface area (Å²) in [5.74, 6) is 0.920. The molecule has 2 aromatic rings. The Morgan fingerprint density at radius 2 is 2.10 bits per heavy atom. The van der Waals surface area contributed by atoms with Crippen molar-refractivity contribution < 1.29 is 9.53 Å². The maximum atomic E-state index is 10.9. The average Bonchev–Trinajstić information content (AvgIpc) is 2.45. The molecule has 0 radical (unpaired) electrons. The molecule has 1 amide bonds. The monoisotopic (exact) mass is 271 g/mol. The SMILES string of the molecule is CCCOc1ccc2cccc(CCNC(C)=O)c2c1. The molecule has 106 valence electrons. The molecule has 0 bridgehead atoms. The zero-order valence-electron chi connectivity index (χ0n) is 12.1. The molecule has 20 heavy (non-hydrogen) atoms. The number of hydrogen-bond acceptors (Lipinski definition) is 2. The number of ether oxygens (including phenoxy) is 1. The summed E-state index contributed by atoms with van der Waals surface area (Å²) >= 11 is 0. The van der Waals surface area contributed by atoms with Crippen molar-refractivity contribution in [2.75, 3.05) is 13.2 Å². The lowest BCUT2D eigenvalue weighted by molar-refractivity contribution is -0.118. The van der Waals surface area contributed by atoms with Crippen molar-refractivity contribution in [2.24, 2.45) is 0 Å². The number of benzene rings is 2. The van der Waals surface area contributed by atoms with Gasteiger partial charge in [-0.15, -0.1) is 0 Å². The van der Waals surface area contributed by atoms with Crippen LogP contribution in [0.1, 0.15) is 25.8 Å². The van der Waals surface area contributed by atoms with E-state index in [4.69, 9.17) is 4.74 Å². The summed E-state index contributed by atoms with van der Waals surface area (Å²) in [6.45, 7) is 5.04. The molecule has 3 heteroatoms. The van der Waals surface area contributed by atoms with Crippen LogP contribution in [-0.2, 0) is 11.2 Å². The molecule has 0 aliphatic heterocycles. The van der Waals surface area contributed by atoms with Gasteiger partial charge in [0.05, 0.1) is 6.61 Å². The minimum absolute atomic E-state index is 0.0113. The number of carbonyl (C=O) groups excluding carboxylic acids is 1. The van der Waals surface area contributed by atoms with E-state index in [1.807, 2.05) is 6.07 Å². The van der Waals surface area contributed by atoms with Gasteiger partial charge in [0.25, 0.3) is 0 Å². The minimum atomic E-state index is 0.0113. The minimum Gasteiger partial charge on any atom is -0.494 e. The molecule has 0 saturated carbocycles. The number of fused-ring (bicyclic) bond motifs is 1. The lowest BCUT2D eigenvalue weighted by Crippen LogP contribution is -2.22. The average molecular weight is 271 g/mol. The van der Waals surface area contributed by atoms with Gasteiger partial charge in [-0.2, -0.15) is 0 Å². The fourth-order valence-corrected chi connectivity index (χ4v) is 2.22. The molecule has 0 heterocycles. The van der Waals surface area contributed by atoms with E-state index in [-0.39, 0.29) is 5.91 Å². The van der Waals surface area contributed by atoms with E-state index >= 15 is 0 Å². The molecule has 0 spiro atoms. The number of rotatable bonds is 6. The maximum absolute atomic E-state index is 10.9. The third kappa shape index (κ3) is 3.73. The van der Waals surface area contributed by atoms with Gasteiger partial charge in [-0.3, -0.25) is 4.79 Å². The maximum Gasteiger partial charge on any atom is 0.216 e. The predicted molar refractivity (Wildman–Crippen MR) is 82.1 cm³/mol. The largest absolute Gasteiger partial charge is 0.494 e. The summed E-state index contributed by atoms with van der Waals surface area (Å²) < 4.78 is 5.69. The van der Waals surface area contributed by atoms with E-state index in [0.717, 1.165) is 25.2 Å². The van der Waals surface area contributed by atoms with Gasteiger partial charge in [0.1, 0.15) is 5.75 Å². The summed E-state index contributed by atoms with van der Waals surface area (Å²) in [6.07, 6.45) is 1.83. The van der Waals surface area contributed by atoms with Crippen molar-refractivity contribution in [1.29, 1.82) is 0 Å². The number of amides is 1. The molecule has 0 unspecified atom stereocenters.